The number of nitrogens with zero attached hydrogens (tertiary/aromatic N) is 1. The van der Waals surface area contributed by atoms with Crippen molar-refractivity contribution < 1.29 is 23.6 Å². The number of hydrogen-bond acceptors (Lipinski definition) is 4. The molecule has 0 radical (unpaired) electrons. The molecular weight excluding hydrogens is 375 g/mol. The predicted octanol–water partition coefficient (Wildman–Crippen LogP) is 0.612. The van der Waals surface area contributed by atoms with Gasteiger partial charge >= 0.3 is 0 Å². The third kappa shape index (κ3) is 5.92. The molecule has 154 valence electrons. The number of ether oxygens (including phenoxy) is 1. The Labute approximate surface area is 169 Å². The van der Waals surface area contributed by atoms with Crippen molar-refractivity contribution in [2.45, 2.75) is 0 Å². The van der Waals surface area contributed by atoms with E-state index in [-0.39, 0.29) is 30.7 Å². The summed E-state index contributed by atoms with van der Waals surface area (Å²) in [5.74, 6) is 0.158. The molecule has 7 nitrogen and oxygen atoms in total. The maximum Gasteiger partial charge on any atom is 0.279 e. The lowest BCUT2D eigenvalue weighted by Gasteiger charge is -2.32. The molecule has 2 aromatic carbocycles. The first kappa shape index (κ1) is 20.6. The predicted molar refractivity (Wildman–Crippen MR) is 109 cm³/mol. The minimum Gasteiger partial charge on any atom is -0.495 e. The van der Waals surface area contributed by atoms with Crippen LogP contribution in [0.4, 0.5) is 15.8 Å². The highest BCUT2D eigenvalue weighted by molar-refractivity contribution is 5.91. The van der Waals surface area contributed by atoms with E-state index in [9.17, 15) is 14.0 Å². The zero-order chi connectivity index (χ0) is 20.6. The summed E-state index contributed by atoms with van der Waals surface area (Å²) in [6.07, 6.45) is 0. The zero-order valence-electron chi connectivity index (χ0n) is 16.4. The van der Waals surface area contributed by atoms with Crippen molar-refractivity contribution in [3.63, 3.8) is 0 Å². The number of carbonyl (C=O) groups is 2. The Morgan fingerprint density at radius 3 is 2.62 bits per heavy atom. The molecule has 0 unspecified atom stereocenters. The third-order valence-corrected chi connectivity index (χ3v) is 4.88. The number of hydrogen-bond donors (Lipinski definition) is 3. The number of para-hydroxylation sites is 2. The first-order valence-corrected chi connectivity index (χ1v) is 9.59. The lowest BCUT2D eigenvalue weighted by molar-refractivity contribution is -0.895. The van der Waals surface area contributed by atoms with Gasteiger partial charge in [0.15, 0.2) is 6.54 Å². The van der Waals surface area contributed by atoms with E-state index < -0.39 is 0 Å². The summed E-state index contributed by atoms with van der Waals surface area (Å²) in [6.45, 7) is 3.05. The smallest absolute Gasteiger partial charge is 0.279 e. The molecule has 0 aromatic heterocycles. The molecule has 0 aliphatic carbocycles. The Morgan fingerprint density at radius 1 is 1.14 bits per heavy atom. The van der Waals surface area contributed by atoms with Gasteiger partial charge in [-0.25, -0.2) is 4.39 Å². The van der Waals surface area contributed by atoms with Gasteiger partial charge in [0, 0.05) is 5.69 Å². The molecule has 0 spiro atoms. The molecule has 1 saturated heterocycles. The average molecular weight is 401 g/mol. The molecule has 1 aliphatic heterocycles. The maximum absolute atomic E-state index is 13.2. The van der Waals surface area contributed by atoms with E-state index in [1.54, 1.807) is 24.1 Å². The molecule has 0 atom stereocenters. The van der Waals surface area contributed by atoms with E-state index >= 15 is 0 Å². The van der Waals surface area contributed by atoms with Crippen molar-refractivity contribution in [3.05, 3.63) is 54.3 Å². The number of carbonyl (C=O) groups excluding carboxylic acids is 2. The van der Waals surface area contributed by atoms with Crippen LogP contribution in [0.3, 0.4) is 0 Å². The summed E-state index contributed by atoms with van der Waals surface area (Å²) in [6, 6.07) is 13.3. The fourth-order valence-electron chi connectivity index (χ4n) is 3.32. The highest BCUT2D eigenvalue weighted by Crippen LogP contribution is 2.22. The van der Waals surface area contributed by atoms with Crippen LogP contribution >= 0.6 is 0 Å². The Hall–Kier alpha value is -3.13. The Morgan fingerprint density at radius 2 is 1.90 bits per heavy atom. The lowest BCUT2D eigenvalue weighted by Crippen LogP contribution is -3.15. The third-order valence-electron chi connectivity index (χ3n) is 4.88. The van der Waals surface area contributed by atoms with Crippen LogP contribution in [-0.4, -0.2) is 63.1 Å². The Bertz CT molecular complexity index is 853. The van der Waals surface area contributed by atoms with Gasteiger partial charge in [-0.05, 0) is 30.3 Å². The molecule has 3 N–H and O–H groups in total. The van der Waals surface area contributed by atoms with Gasteiger partial charge in [0.05, 0.1) is 45.5 Å². The van der Waals surface area contributed by atoms with Crippen LogP contribution in [0.25, 0.3) is 0 Å². The van der Waals surface area contributed by atoms with E-state index in [1.165, 1.54) is 12.1 Å². The van der Waals surface area contributed by atoms with E-state index in [4.69, 9.17) is 4.74 Å². The molecule has 8 heteroatoms. The van der Waals surface area contributed by atoms with Gasteiger partial charge in [-0.1, -0.05) is 18.2 Å². The number of nitrogens with one attached hydrogen (secondary N) is 3. The van der Waals surface area contributed by atoms with Crippen LogP contribution in [0.15, 0.2) is 48.5 Å². The first-order valence-electron chi connectivity index (χ1n) is 9.59. The van der Waals surface area contributed by atoms with Crippen molar-refractivity contribution in [3.8, 4) is 5.75 Å². The fraction of sp³-hybridized carbons (Fsp3) is 0.333. The van der Waals surface area contributed by atoms with Gasteiger partial charge < -0.3 is 25.2 Å². The summed E-state index contributed by atoms with van der Waals surface area (Å²) in [4.78, 5) is 27.5. The lowest BCUT2D eigenvalue weighted by atomic mass is 10.2. The molecule has 0 bridgehead atoms. The second-order valence-corrected chi connectivity index (χ2v) is 6.92. The summed E-state index contributed by atoms with van der Waals surface area (Å²) in [5.41, 5.74) is 1.23. The van der Waals surface area contributed by atoms with Gasteiger partial charge in [0.25, 0.3) is 5.91 Å². The van der Waals surface area contributed by atoms with Gasteiger partial charge in [-0.2, -0.15) is 0 Å². The molecule has 0 saturated carbocycles. The van der Waals surface area contributed by atoms with Crippen molar-refractivity contribution >= 4 is 23.2 Å². The van der Waals surface area contributed by atoms with Crippen molar-refractivity contribution in [1.82, 2.24) is 4.90 Å². The quantitative estimate of drug-likeness (QED) is 0.636. The second kappa shape index (κ2) is 9.88. The number of methoxy groups -OCH3 is 1. The molecular formula is C21H26FN4O3+. The fourth-order valence-corrected chi connectivity index (χ4v) is 3.32. The van der Waals surface area contributed by atoms with Crippen LogP contribution < -0.4 is 20.3 Å². The van der Waals surface area contributed by atoms with E-state index in [2.05, 4.69) is 10.6 Å². The minimum atomic E-state index is -0.385. The van der Waals surface area contributed by atoms with Crippen molar-refractivity contribution in [2.75, 3.05) is 57.0 Å². The van der Waals surface area contributed by atoms with Crippen LogP contribution in [0.2, 0.25) is 0 Å². The Kier molecular flexibility index (Phi) is 7.02. The molecule has 2 aromatic rings. The number of amides is 2. The van der Waals surface area contributed by atoms with Gasteiger partial charge in [0.2, 0.25) is 5.91 Å². The van der Waals surface area contributed by atoms with Gasteiger partial charge in [-0.3, -0.25) is 9.59 Å². The van der Waals surface area contributed by atoms with Crippen LogP contribution in [-0.2, 0) is 9.59 Å². The summed E-state index contributed by atoms with van der Waals surface area (Å²) < 4.78 is 18.5. The number of anilines is 2. The molecule has 1 aliphatic rings. The molecule has 29 heavy (non-hydrogen) atoms. The average Bonchev–Trinajstić information content (AvgIpc) is 2.72. The molecule has 2 amide bonds. The van der Waals surface area contributed by atoms with Gasteiger partial charge in [-0.15, -0.1) is 0 Å². The highest BCUT2D eigenvalue weighted by atomic mass is 19.1. The van der Waals surface area contributed by atoms with Crippen molar-refractivity contribution in [1.29, 1.82) is 0 Å². The standard InChI is InChI=1S/C21H25FN4O3/c1-29-19-8-3-2-7-18(19)23-14-21(28)26-11-9-25(10-12-26)15-20(27)24-17-6-4-5-16(22)13-17/h2-8,13,23H,9-12,14-15H2,1H3,(H,24,27)/p+1. The monoisotopic (exact) mass is 401 g/mol. The summed E-state index contributed by atoms with van der Waals surface area (Å²) >= 11 is 0. The number of rotatable bonds is 7. The number of halogens is 1. The van der Waals surface area contributed by atoms with Crippen LogP contribution in [0.5, 0.6) is 5.75 Å². The SMILES string of the molecule is COc1ccccc1NCC(=O)N1CC[NH+](CC(=O)Nc2cccc(F)c2)CC1. The topological polar surface area (TPSA) is 75.1 Å². The summed E-state index contributed by atoms with van der Waals surface area (Å²) in [7, 11) is 1.59. The molecule has 3 rings (SSSR count). The maximum atomic E-state index is 13.2. The van der Waals surface area contributed by atoms with Crippen LogP contribution in [0.1, 0.15) is 0 Å². The Balaban J connectivity index is 1.41. The number of benzene rings is 2. The van der Waals surface area contributed by atoms with E-state index in [1.807, 2.05) is 24.3 Å². The minimum absolute atomic E-state index is 0.0131. The molecule has 1 heterocycles. The van der Waals surface area contributed by atoms with Crippen molar-refractivity contribution in [2.24, 2.45) is 0 Å². The number of quaternary nitrogens is 1. The zero-order valence-corrected chi connectivity index (χ0v) is 16.4. The summed E-state index contributed by atoms with van der Waals surface area (Å²) in [5, 5.41) is 5.83. The molecule has 1 fully saturated rings. The largest absolute Gasteiger partial charge is 0.495 e. The van der Waals surface area contributed by atoms with E-state index in [0.29, 0.717) is 37.6 Å². The normalized spacial score (nSPS) is 14.3. The number of piperazine rings is 1. The van der Waals surface area contributed by atoms with E-state index in [0.717, 1.165) is 10.6 Å². The first-order chi connectivity index (χ1) is 14.0. The van der Waals surface area contributed by atoms with Crippen LogP contribution in [0, 0.1) is 5.82 Å². The highest BCUT2D eigenvalue weighted by Gasteiger charge is 2.25. The van der Waals surface area contributed by atoms with Gasteiger partial charge in [0.1, 0.15) is 11.6 Å². The second-order valence-electron chi connectivity index (χ2n) is 6.92.